The monoisotopic (exact) mass is 225 g/mol. The molecule has 1 aromatic carbocycles. The van der Waals surface area contributed by atoms with Gasteiger partial charge in [0.15, 0.2) is 0 Å². The second-order valence-electron chi connectivity index (χ2n) is 3.00. The second-order valence-corrected chi connectivity index (χ2v) is 3.41. The van der Waals surface area contributed by atoms with Crippen LogP contribution in [-0.2, 0) is 0 Å². The molecule has 1 aromatic rings. The lowest BCUT2D eigenvalue weighted by Gasteiger charge is -2.07. The highest BCUT2D eigenvalue weighted by Crippen LogP contribution is 2.22. The smallest absolute Gasteiger partial charge is 0.335 e. The fourth-order valence-corrected chi connectivity index (χ4v) is 1.35. The molecule has 0 radical (unpaired) electrons. The van der Waals surface area contributed by atoms with Crippen molar-refractivity contribution in [2.24, 2.45) is 0 Å². The predicted molar refractivity (Wildman–Crippen MR) is 61.7 cm³/mol. The number of aromatic carboxylic acids is 1. The molecule has 4 heteroatoms. The molecule has 0 aliphatic heterocycles. The van der Waals surface area contributed by atoms with Crippen LogP contribution in [0.3, 0.4) is 0 Å². The molecule has 3 nitrogen and oxygen atoms in total. The predicted octanol–water partition coefficient (Wildman–Crippen LogP) is 3.03. The van der Waals surface area contributed by atoms with E-state index >= 15 is 0 Å². The molecule has 0 aromatic heterocycles. The number of carboxylic acid groups (broad SMARTS) is 1. The van der Waals surface area contributed by atoms with Crippen molar-refractivity contribution in [2.45, 2.75) is 6.42 Å². The summed E-state index contributed by atoms with van der Waals surface area (Å²) in [6.07, 6.45) is 2.63. The number of anilines is 1. The Bertz CT molecular complexity index is 377. The van der Waals surface area contributed by atoms with E-state index in [9.17, 15) is 4.79 Å². The van der Waals surface area contributed by atoms with E-state index in [1.165, 1.54) is 12.1 Å². The number of benzene rings is 1. The molecule has 1 rings (SSSR count). The first-order valence-corrected chi connectivity index (χ1v) is 4.90. The van der Waals surface area contributed by atoms with Crippen molar-refractivity contribution < 1.29 is 9.90 Å². The molecular weight excluding hydrogens is 214 g/mol. The third kappa shape index (κ3) is 3.29. The van der Waals surface area contributed by atoms with Crippen LogP contribution in [0.4, 0.5) is 5.69 Å². The topological polar surface area (TPSA) is 49.3 Å². The standard InChI is InChI=1S/C11H12ClNO2/c1-2-3-6-13-10-5-4-8(11(14)15)7-9(10)12/h2,4-5,7,13H,1,3,6H2,(H,14,15). The SMILES string of the molecule is C=CCCNc1ccc(C(=O)O)cc1Cl. The van der Waals surface area contributed by atoms with Crippen LogP contribution in [-0.4, -0.2) is 17.6 Å². The van der Waals surface area contributed by atoms with Crippen molar-refractivity contribution in [1.29, 1.82) is 0 Å². The average molecular weight is 226 g/mol. The maximum atomic E-state index is 10.6. The first-order valence-electron chi connectivity index (χ1n) is 4.52. The normalized spacial score (nSPS) is 9.67. The second kappa shape index (κ2) is 5.41. The minimum absolute atomic E-state index is 0.189. The maximum Gasteiger partial charge on any atom is 0.335 e. The van der Waals surface area contributed by atoms with Gasteiger partial charge in [0.05, 0.1) is 16.3 Å². The lowest BCUT2D eigenvalue weighted by Crippen LogP contribution is -2.02. The summed E-state index contributed by atoms with van der Waals surface area (Å²) in [7, 11) is 0. The van der Waals surface area contributed by atoms with E-state index in [1.807, 2.05) is 0 Å². The van der Waals surface area contributed by atoms with Crippen molar-refractivity contribution in [1.82, 2.24) is 0 Å². The highest BCUT2D eigenvalue weighted by Gasteiger charge is 2.05. The number of rotatable bonds is 5. The van der Waals surface area contributed by atoms with Gasteiger partial charge in [-0.1, -0.05) is 17.7 Å². The fraction of sp³-hybridized carbons (Fsp3) is 0.182. The van der Waals surface area contributed by atoms with E-state index in [0.29, 0.717) is 5.02 Å². The van der Waals surface area contributed by atoms with Crippen LogP contribution in [0.15, 0.2) is 30.9 Å². The van der Waals surface area contributed by atoms with Gasteiger partial charge in [-0.2, -0.15) is 0 Å². The minimum atomic E-state index is -0.977. The van der Waals surface area contributed by atoms with Gasteiger partial charge in [0, 0.05) is 6.54 Å². The molecule has 15 heavy (non-hydrogen) atoms. The van der Waals surface area contributed by atoms with Gasteiger partial charge in [0.1, 0.15) is 0 Å². The Hall–Kier alpha value is -1.48. The van der Waals surface area contributed by atoms with E-state index < -0.39 is 5.97 Å². The summed E-state index contributed by atoms with van der Waals surface area (Å²) >= 11 is 5.90. The number of hydrogen-bond acceptors (Lipinski definition) is 2. The fourth-order valence-electron chi connectivity index (χ4n) is 1.10. The van der Waals surface area contributed by atoms with E-state index in [0.717, 1.165) is 18.7 Å². The molecule has 0 unspecified atom stereocenters. The lowest BCUT2D eigenvalue weighted by atomic mass is 10.2. The van der Waals surface area contributed by atoms with Gasteiger partial charge in [-0.05, 0) is 24.6 Å². The molecule has 0 aliphatic rings. The lowest BCUT2D eigenvalue weighted by molar-refractivity contribution is 0.0697. The van der Waals surface area contributed by atoms with Crippen LogP contribution >= 0.6 is 11.6 Å². The summed E-state index contributed by atoms with van der Waals surface area (Å²) < 4.78 is 0. The quantitative estimate of drug-likeness (QED) is 0.598. The van der Waals surface area contributed by atoms with Gasteiger partial charge >= 0.3 is 5.97 Å². The molecule has 0 amide bonds. The van der Waals surface area contributed by atoms with Gasteiger partial charge in [-0.3, -0.25) is 0 Å². The highest BCUT2D eigenvalue weighted by molar-refractivity contribution is 6.33. The molecule has 0 saturated carbocycles. The van der Waals surface area contributed by atoms with Crippen molar-refractivity contribution >= 4 is 23.3 Å². The Balaban J connectivity index is 2.74. The Kier molecular flexibility index (Phi) is 4.18. The zero-order chi connectivity index (χ0) is 11.3. The van der Waals surface area contributed by atoms with Gasteiger partial charge in [0.2, 0.25) is 0 Å². The first-order chi connectivity index (χ1) is 7.15. The van der Waals surface area contributed by atoms with E-state index in [-0.39, 0.29) is 5.56 Å². The summed E-state index contributed by atoms with van der Waals surface area (Å²) in [6, 6.07) is 4.61. The number of halogens is 1. The Morgan fingerprint density at radius 3 is 2.87 bits per heavy atom. The van der Waals surface area contributed by atoms with Crippen molar-refractivity contribution in [3.05, 3.63) is 41.4 Å². The number of carboxylic acids is 1. The van der Waals surface area contributed by atoms with Gasteiger partial charge in [0.25, 0.3) is 0 Å². The zero-order valence-electron chi connectivity index (χ0n) is 8.16. The molecule has 2 N–H and O–H groups in total. The molecule has 0 fully saturated rings. The van der Waals surface area contributed by atoms with Crippen LogP contribution in [0, 0.1) is 0 Å². The summed E-state index contributed by atoms with van der Waals surface area (Å²) in [5.74, 6) is -0.977. The summed E-state index contributed by atoms with van der Waals surface area (Å²) in [6.45, 7) is 4.33. The highest BCUT2D eigenvalue weighted by atomic mass is 35.5. The Morgan fingerprint density at radius 2 is 2.33 bits per heavy atom. The third-order valence-corrected chi connectivity index (χ3v) is 2.19. The summed E-state index contributed by atoms with van der Waals surface area (Å²) in [4.78, 5) is 10.6. The van der Waals surface area contributed by atoms with Crippen LogP contribution in [0.1, 0.15) is 16.8 Å². The third-order valence-electron chi connectivity index (χ3n) is 1.88. The molecular formula is C11H12ClNO2. The van der Waals surface area contributed by atoms with Crippen molar-refractivity contribution in [3.63, 3.8) is 0 Å². The molecule has 0 aliphatic carbocycles. The van der Waals surface area contributed by atoms with Gasteiger partial charge in [-0.25, -0.2) is 4.79 Å². The van der Waals surface area contributed by atoms with E-state index in [4.69, 9.17) is 16.7 Å². The Morgan fingerprint density at radius 1 is 1.60 bits per heavy atom. The molecule has 0 saturated heterocycles. The molecule has 0 bridgehead atoms. The van der Waals surface area contributed by atoms with Gasteiger partial charge in [-0.15, -0.1) is 6.58 Å². The largest absolute Gasteiger partial charge is 0.478 e. The van der Waals surface area contributed by atoms with Crippen molar-refractivity contribution in [2.75, 3.05) is 11.9 Å². The van der Waals surface area contributed by atoms with Crippen LogP contribution < -0.4 is 5.32 Å². The summed E-state index contributed by atoms with van der Waals surface area (Å²) in [5, 5.41) is 12.2. The first kappa shape index (κ1) is 11.6. The summed E-state index contributed by atoms with van der Waals surface area (Å²) in [5.41, 5.74) is 0.929. The van der Waals surface area contributed by atoms with Gasteiger partial charge < -0.3 is 10.4 Å². The van der Waals surface area contributed by atoms with Crippen LogP contribution in [0.5, 0.6) is 0 Å². The molecule has 80 valence electrons. The van der Waals surface area contributed by atoms with Crippen LogP contribution in [0.25, 0.3) is 0 Å². The minimum Gasteiger partial charge on any atom is -0.478 e. The van der Waals surface area contributed by atoms with E-state index in [2.05, 4.69) is 11.9 Å². The maximum absolute atomic E-state index is 10.6. The van der Waals surface area contributed by atoms with Crippen molar-refractivity contribution in [3.8, 4) is 0 Å². The number of hydrogen-bond donors (Lipinski definition) is 2. The Labute approximate surface area is 93.4 Å². The molecule has 0 spiro atoms. The number of carbonyl (C=O) groups is 1. The zero-order valence-corrected chi connectivity index (χ0v) is 8.92. The average Bonchev–Trinajstić information content (AvgIpc) is 2.20. The molecule has 0 atom stereocenters. The number of nitrogens with one attached hydrogen (secondary N) is 1. The molecule has 0 heterocycles. The van der Waals surface area contributed by atoms with Crippen LogP contribution in [0.2, 0.25) is 5.02 Å². The van der Waals surface area contributed by atoms with E-state index in [1.54, 1.807) is 12.1 Å².